The third kappa shape index (κ3) is 2.66. The second kappa shape index (κ2) is 5.00. The summed E-state index contributed by atoms with van der Waals surface area (Å²) in [7, 11) is 0. The summed E-state index contributed by atoms with van der Waals surface area (Å²) in [6.45, 7) is 0. The van der Waals surface area contributed by atoms with Gasteiger partial charge >= 0.3 is 5.97 Å². The summed E-state index contributed by atoms with van der Waals surface area (Å²) in [6.07, 6.45) is 0. The Hall–Kier alpha value is -1.52. The Labute approximate surface area is 117 Å². The maximum atomic E-state index is 11.0. The molecule has 0 aliphatic rings. The number of benzene rings is 2. The average Bonchev–Trinajstić information content (AvgIpc) is 2.27. The zero-order valence-electron chi connectivity index (χ0n) is 9.02. The van der Waals surface area contributed by atoms with E-state index in [9.17, 15) is 9.90 Å². The molecule has 0 spiro atoms. The van der Waals surface area contributed by atoms with Crippen LogP contribution in [0.4, 0.5) is 0 Å². The van der Waals surface area contributed by atoms with Gasteiger partial charge in [0.15, 0.2) is 0 Å². The highest BCUT2D eigenvalue weighted by Gasteiger charge is 2.11. The lowest BCUT2D eigenvalue weighted by Crippen LogP contribution is -1.97. The minimum Gasteiger partial charge on any atom is -0.508 e. The van der Waals surface area contributed by atoms with Gasteiger partial charge in [-0.15, -0.1) is 0 Å². The molecule has 0 heterocycles. The van der Waals surface area contributed by atoms with Gasteiger partial charge in [0.1, 0.15) is 5.75 Å². The van der Waals surface area contributed by atoms with Crippen LogP contribution in [0.2, 0.25) is 5.02 Å². The third-order valence-corrected chi connectivity index (χ3v) is 3.20. The van der Waals surface area contributed by atoms with Crippen LogP contribution in [-0.2, 0) is 0 Å². The molecule has 0 radical (unpaired) electrons. The van der Waals surface area contributed by atoms with Crippen LogP contribution >= 0.6 is 27.5 Å². The van der Waals surface area contributed by atoms with Gasteiger partial charge in [0.25, 0.3) is 0 Å². The number of carboxylic acids is 1. The largest absolute Gasteiger partial charge is 0.508 e. The van der Waals surface area contributed by atoms with Crippen LogP contribution in [0.3, 0.4) is 0 Å². The van der Waals surface area contributed by atoms with Crippen LogP contribution < -0.4 is 0 Å². The molecular formula is C13H8BrClO3. The maximum Gasteiger partial charge on any atom is 0.337 e. The van der Waals surface area contributed by atoms with Gasteiger partial charge in [0, 0.05) is 4.47 Å². The number of rotatable bonds is 2. The third-order valence-electron chi connectivity index (χ3n) is 2.41. The standard InChI is InChI=1S/C13H8BrClO3/c14-9-3-8(4-10(16)6-9)7-1-2-12(15)11(5-7)13(17)18/h1-6,16H,(H,17,18). The number of halogens is 2. The Morgan fingerprint density at radius 3 is 2.44 bits per heavy atom. The van der Waals surface area contributed by atoms with Crippen LogP contribution in [-0.4, -0.2) is 16.2 Å². The number of carbonyl (C=O) groups is 1. The van der Waals surface area contributed by atoms with E-state index >= 15 is 0 Å². The Balaban J connectivity index is 2.57. The molecule has 2 aromatic carbocycles. The number of aromatic hydroxyl groups is 1. The fourth-order valence-electron chi connectivity index (χ4n) is 1.61. The fourth-order valence-corrected chi connectivity index (χ4v) is 2.29. The first kappa shape index (κ1) is 12.9. The number of phenols is 1. The van der Waals surface area contributed by atoms with Crippen molar-refractivity contribution in [2.24, 2.45) is 0 Å². The monoisotopic (exact) mass is 326 g/mol. The molecule has 0 bridgehead atoms. The number of hydrogen-bond donors (Lipinski definition) is 2. The zero-order valence-corrected chi connectivity index (χ0v) is 11.4. The Morgan fingerprint density at radius 2 is 1.83 bits per heavy atom. The van der Waals surface area contributed by atoms with Crippen LogP contribution in [0.15, 0.2) is 40.9 Å². The van der Waals surface area contributed by atoms with Crippen molar-refractivity contribution in [3.8, 4) is 16.9 Å². The van der Waals surface area contributed by atoms with Gasteiger partial charge in [-0.3, -0.25) is 0 Å². The first-order chi connectivity index (χ1) is 8.47. The summed E-state index contributed by atoms with van der Waals surface area (Å²) < 4.78 is 0.712. The molecular weight excluding hydrogens is 319 g/mol. The molecule has 2 aromatic rings. The van der Waals surface area contributed by atoms with Gasteiger partial charge in [-0.25, -0.2) is 4.79 Å². The lowest BCUT2D eigenvalue weighted by molar-refractivity contribution is 0.0697. The van der Waals surface area contributed by atoms with Crippen molar-refractivity contribution in [3.63, 3.8) is 0 Å². The molecule has 5 heteroatoms. The minimum absolute atomic E-state index is 0.0358. The van der Waals surface area contributed by atoms with Gasteiger partial charge in [-0.1, -0.05) is 33.6 Å². The summed E-state index contributed by atoms with van der Waals surface area (Å²) in [4.78, 5) is 11.0. The van der Waals surface area contributed by atoms with Gasteiger partial charge in [0.05, 0.1) is 10.6 Å². The Kier molecular flexibility index (Phi) is 3.59. The molecule has 92 valence electrons. The van der Waals surface area contributed by atoms with Crippen molar-refractivity contribution in [3.05, 3.63) is 51.5 Å². The van der Waals surface area contributed by atoms with Gasteiger partial charge < -0.3 is 10.2 Å². The van der Waals surface area contributed by atoms with E-state index < -0.39 is 5.97 Å². The minimum atomic E-state index is -1.08. The summed E-state index contributed by atoms with van der Waals surface area (Å²) in [5.74, 6) is -0.979. The van der Waals surface area contributed by atoms with Crippen LogP contribution in [0, 0.1) is 0 Å². The smallest absolute Gasteiger partial charge is 0.337 e. The van der Waals surface area contributed by atoms with E-state index in [1.807, 2.05) is 0 Å². The molecule has 0 saturated carbocycles. The first-order valence-electron chi connectivity index (χ1n) is 5.00. The predicted molar refractivity (Wildman–Crippen MR) is 73.2 cm³/mol. The number of hydrogen-bond acceptors (Lipinski definition) is 2. The topological polar surface area (TPSA) is 57.5 Å². The Morgan fingerprint density at radius 1 is 1.11 bits per heavy atom. The van der Waals surface area contributed by atoms with E-state index in [1.165, 1.54) is 12.1 Å². The predicted octanol–water partition coefficient (Wildman–Crippen LogP) is 4.17. The van der Waals surface area contributed by atoms with Crippen molar-refractivity contribution < 1.29 is 15.0 Å². The van der Waals surface area contributed by atoms with Crippen molar-refractivity contribution in [2.45, 2.75) is 0 Å². The van der Waals surface area contributed by atoms with Gasteiger partial charge in [0.2, 0.25) is 0 Å². The van der Waals surface area contributed by atoms with E-state index in [0.717, 1.165) is 0 Å². The quantitative estimate of drug-likeness (QED) is 0.870. The van der Waals surface area contributed by atoms with Crippen molar-refractivity contribution in [2.75, 3.05) is 0 Å². The maximum absolute atomic E-state index is 11.0. The normalized spacial score (nSPS) is 10.3. The van der Waals surface area contributed by atoms with E-state index in [-0.39, 0.29) is 16.3 Å². The molecule has 2 N–H and O–H groups in total. The lowest BCUT2D eigenvalue weighted by atomic mass is 10.0. The average molecular weight is 328 g/mol. The summed E-state index contributed by atoms with van der Waals surface area (Å²) >= 11 is 9.07. The van der Waals surface area contributed by atoms with E-state index in [2.05, 4.69) is 15.9 Å². The first-order valence-corrected chi connectivity index (χ1v) is 6.17. The highest BCUT2D eigenvalue weighted by molar-refractivity contribution is 9.10. The Bertz CT molecular complexity index is 605. The zero-order chi connectivity index (χ0) is 13.3. The van der Waals surface area contributed by atoms with E-state index in [1.54, 1.807) is 24.3 Å². The molecule has 2 rings (SSSR count). The summed E-state index contributed by atoms with van der Waals surface area (Å²) in [6, 6.07) is 9.60. The second-order valence-corrected chi connectivity index (χ2v) is 5.02. The van der Waals surface area contributed by atoms with Gasteiger partial charge in [-0.2, -0.15) is 0 Å². The molecule has 0 aliphatic carbocycles. The molecule has 0 aromatic heterocycles. The van der Waals surface area contributed by atoms with E-state index in [4.69, 9.17) is 16.7 Å². The van der Waals surface area contributed by atoms with Gasteiger partial charge in [-0.05, 0) is 41.5 Å². The number of aromatic carboxylic acids is 1. The van der Waals surface area contributed by atoms with Crippen LogP contribution in [0.25, 0.3) is 11.1 Å². The highest BCUT2D eigenvalue weighted by Crippen LogP contribution is 2.30. The fraction of sp³-hybridized carbons (Fsp3) is 0. The summed E-state index contributed by atoms with van der Waals surface area (Å²) in [5, 5.41) is 18.7. The van der Waals surface area contributed by atoms with Crippen molar-refractivity contribution in [1.29, 1.82) is 0 Å². The van der Waals surface area contributed by atoms with E-state index in [0.29, 0.717) is 15.6 Å². The molecule has 0 saturated heterocycles. The van der Waals surface area contributed by atoms with Crippen molar-refractivity contribution >= 4 is 33.5 Å². The van der Waals surface area contributed by atoms with Crippen LogP contribution in [0.5, 0.6) is 5.75 Å². The SMILES string of the molecule is O=C(O)c1cc(-c2cc(O)cc(Br)c2)ccc1Cl. The lowest BCUT2D eigenvalue weighted by Gasteiger charge is -2.06. The molecule has 0 fully saturated rings. The molecule has 0 atom stereocenters. The highest BCUT2D eigenvalue weighted by atomic mass is 79.9. The molecule has 18 heavy (non-hydrogen) atoms. The summed E-state index contributed by atoms with van der Waals surface area (Å²) in [5.41, 5.74) is 1.42. The molecule has 3 nitrogen and oxygen atoms in total. The number of carboxylic acid groups (broad SMARTS) is 1. The van der Waals surface area contributed by atoms with Crippen molar-refractivity contribution in [1.82, 2.24) is 0 Å². The number of phenolic OH excluding ortho intramolecular Hbond substituents is 1. The molecule has 0 amide bonds. The molecule has 0 unspecified atom stereocenters. The second-order valence-electron chi connectivity index (χ2n) is 3.70. The van der Waals surface area contributed by atoms with Crippen LogP contribution in [0.1, 0.15) is 10.4 Å². The molecule has 0 aliphatic heterocycles.